The smallest absolute Gasteiger partial charge is 0.215 e. The van der Waals surface area contributed by atoms with Gasteiger partial charge < -0.3 is 4.74 Å². The maximum absolute atomic E-state index is 6.35. The molecule has 3 heterocycles. The summed E-state index contributed by atoms with van der Waals surface area (Å²) in [7, 11) is 0. The Morgan fingerprint density at radius 2 is 1.96 bits per heavy atom. The zero-order valence-corrected chi connectivity index (χ0v) is 16.4. The predicted molar refractivity (Wildman–Crippen MR) is 109 cm³/mol. The SMILES string of the molecule is Cc1ccc(C2=NN3[C@H](C2)c2cc(Br)ccc2O[C@H]3c2cccnc2)cc1. The van der Waals surface area contributed by atoms with Gasteiger partial charge in [0.25, 0.3) is 0 Å². The third-order valence-electron chi connectivity index (χ3n) is 5.11. The summed E-state index contributed by atoms with van der Waals surface area (Å²) in [5, 5.41) is 7.06. The number of fused-ring (bicyclic) bond motifs is 3. The molecule has 1 aromatic heterocycles. The zero-order valence-electron chi connectivity index (χ0n) is 14.8. The summed E-state index contributed by atoms with van der Waals surface area (Å²) in [6.07, 6.45) is 4.21. The molecule has 2 aromatic carbocycles. The Bertz CT molecular complexity index is 1020. The number of aromatic nitrogens is 1. The number of nitrogens with zero attached hydrogens (tertiary/aromatic N) is 3. The molecule has 0 amide bonds. The molecule has 0 spiro atoms. The first-order valence-electron chi connectivity index (χ1n) is 8.98. The van der Waals surface area contributed by atoms with E-state index in [0.29, 0.717) is 0 Å². The van der Waals surface area contributed by atoms with E-state index in [4.69, 9.17) is 9.84 Å². The number of pyridine rings is 1. The van der Waals surface area contributed by atoms with Gasteiger partial charge in [-0.3, -0.25) is 4.98 Å². The lowest BCUT2D eigenvalue weighted by molar-refractivity contribution is -0.0192. The minimum Gasteiger partial charge on any atom is -0.464 e. The van der Waals surface area contributed by atoms with Crippen LogP contribution >= 0.6 is 15.9 Å². The standard InChI is InChI=1S/C22H18BrN3O/c1-14-4-6-15(7-5-14)19-12-20-18-11-17(23)8-9-21(18)27-22(26(20)25-19)16-3-2-10-24-13-16/h2-11,13,20,22H,12H2,1H3/t20-,22+/m1/s1. The molecule has 2 aliphatic heterocycles. The highest BCUT2D eigenvalue weighted by Gasteiger charge is 2.41. The average Bonchev–Trinajstić information content (AvgIpc) is 3.14. The van der Waals surface area contributed by atoms with Crippen LogP contribution in [0.3, 0.4) is 0 Å². The molecule has 134 valence electrons. The number of aryl methyl sites for hydroxylation is 1. The molecule has 0 aliphatic carbocycles. The molecule has 2 aliphatic rings. The minimum absolute atomic E-state index is 0.146. The van der Waals surface area contributed by atoms with Gasteiger partial charge in [-0.15, -0.1) is 0 Å². The second kappa shape index (κ2) is 6.50. The highest BCUT2D eigenvalue weighted by Crippen LogP contribution is 2.48. The van der Waals surface area contributed by atoms with Crippen molar-refractivity contribution < 1.29 is 4.74 Å². The van der Waals surface area contributed by atoms with Crippen LogP contribution in [-0.2, 0) is 0 Å². The summed E-state index contributed by atoms with van der Waals surface area (Å²) in [5.74, 6) is 0.911. The summed E-state index contributed by atoms with van der Waals surface area (Å²) >= 11 is 3.59. The van der Waals surface area contributed by atoms with E-state index in [0.717, 1.165) is 39.0 Å². The van der Waals surface area contributed by atoms with Gasteiger partial charge in [0.05, 0.1) is 11.8 Å². The first-order chi connectivity index (χ1) is 13.2. The van der Waals surface area contributed by atoms with Crippen LogP contribution in [0, 0.1) is 6.92 Å². The molecule has 2 atom stereocenters. The molecule has 4 nitrogen and oxygen atoms in total. The molecule has 0 N–H and O–H groups in total. The van der Waals surface area contributed by atoms with Crippen molar-refractivity contribution in [2.45, 2.75) is 25.6 Å². The van der Waals surface area contributed by atoms with Crippen LogP contribution in [0.4, 0.5) is 0 Å². The Labute approximate surface area is 166 Å². The minimum atomic E-state index is -0.277. The highest BCUT2D eigenvalue weighted by atomic mass is 79.9. The van der Waals surface area contributed by atoms with Crippen LogP contribution in [0.15, 0.2) is 76.6 Å². The van der Waals surface area contributed by atoms with Crippen molar-refractivity contribution in [2.75, 3.05) is 0 Å². The second-order valence-corrected chi connectivity index (χ2v) is 7.87. The van der Waals surface area contributed by atoms with Crippen molar-refractivity contribution in [3.8, 4) is 5.75 Å². The molecule has 0 saturated carbocycles. The number of ether oxygens (including phenoxy) is 1. The van der Waals surface area contributed by atoms with E-state index in [9.17, 15) is 0 Å². The average molecular weight is 420 g/mol. The van der Waals surface area contributed by atoms with E-state index in [2.05, 4.69) is 63.2 Å². The van der Waals surface area contributed by atoms with Crippen molar-refractivity contribution in [1.82, 2.24) is 9.99 Å². The summed E-state index contributed by atoms with van der Waals surface area (Å²) < 4.78 is 7.40. The molecule has 3 aromatic rings. The Hall–Kier alpha value is -2.66. The number of benzene rings is 2. The molecule has 0 saturated heterocycles. The van der Waals surface area contributed by atoms with Gasteiger partial charge >= 0.3 is 0 Å². The lowest BCUT2D eigenvalue weighted by Crippen LogP contribution is -2.33. The first-order valence-corrected chi connectivity index (χ1v) is 9.77. The van der Waals surface area contributed by atoms with Crippen LogP contribution < -0.4 is 4.74 Å². The summed E-state index contributed by atoms with van der Waals surface area (Å²) in [5.41, 5.74) is 5.67. The fourth-order valence-electron chi connectivity index (χ4n) is 3.72. The Kier molecular flexibility index (Phi) is 3.97. The normalized spacial score (nSPS) is 20.5. The van der Waals surface area contributed by atoms with Crippen LogP contribution in [0.25, 0.3) is 0 Å². The first kappa shape index (κ1) is 16.5. The van der Waals surface area contributed by atoms with Crippen molar-refractivity contribution in [2.24, 2.45) is 5.10 Å². The van der Waals surface area contributed by atoms with E-state index in [-0.39, 0.29) is 12.3 Å². The van der Waals surface area contributed by atoms with Crippen molar-refractivity contribution in [3.63, 3.8) is 0 Å². The van der Waals surface area contributed by atoms with Gasteiger partial charge in [-0.05, 0) is 36.8 Å². The van der Waals surface area contributed by atoms with Crippen LogP contribution in [0.5, 0.6) is 5.75 Å². The van der Waals surface area contributed by atoms with E-state index >= 15 is 0 Å². The summed E-state index contributed by atoms with van der Waals surface area (Å²) in [6.45, 7) is 2.10. The highest BCUT2D eigenvalue weighted by molar-refractivity contribution is 9.10. The maximum Gasteiger partial charge on any atom is 0.215 e. The number of hydrazone groups is 1. The molecule has 0 radical (unpaired) electrons. The van der Waals surface area contributed by atoms with Crippen molar-refractivity contribution in [3.05, 3.63) is 93.7 Å². The van der Waals surface area contributed by atoms with Crippen LogP contribution in [0.1, 0.15) is 40.9 Å². The molecular weight excluding hydrogens is 402 g/mol. The van der Waals surface area contributed by atoms with Crippen molar-refractivity contribution >= 4 is 21.6 Å². The van der Waals surface area contributed by atoms with Gasteiger partial charge in [0.15, 0.2) is 0 Å². The Balaban J connectivity index is 1.60. The lowest BCUT2D eigenvalue weighted by atomic mass is 9.96. The maximum atomic E-state index is 6.35. The molecule has 0 fully saturated rings. The van der Waals surface area contributed by atoms with E-state index < -0.39 is 0 Å². The Morgan fingerprint density at radius 1 is 1.11 bits per heavy atom. The fourth-order valence-corrected chi connectivity index (χ4v) is 4.10. The summed E-state index contributed by atoms with van der Waals surface area (Å²) in [4.78, 5) is 4.27. The monoisotopic (exact) mass is 419 g/mol. The van der Waals surface area contributed by atoms with E-state index in [1.807, 2.05) is 30.5 Å². The zero-order chi connectivity index (χ0) is 18.4. The Morgan fingerprint density at radius 3 is 2.74 bits per heavy atom. The van der Waals surface area contributed by atoms with Crippen LogP contribution in [-0.4, -0.2) is 15.7 Å². The molecule has 5 rings (SSSR count). The molecule has 5 heteroatoms. The summed E-state index contributed by atoms with van der Waals surface area (Å²) in [6, 6.07) is 18.9. The van der Waals surface area contributed by atoms with Gasteiger partial charge in [0.1, 0.15) is 5.75 Å². The lowest BCUT2D eigenvalue weighted by Gasteiger charge is -2.38. The van der Waals surface area contributed by atoms with E-state index in [1.165, 1.54) is 5.56 Å². The third-order valence-corrected chi connectivity index (χ3v) is 5.60. The molecular formula is C22H18BrN3O. The second-order valence-electron chi connectivity index (χ2n) is 6.95. The predicted octanol–water partition coefficient (Wildman–Crippen LogP) is 5.39. The topological polar surface area (TPSA) is 37.7 Å². The number of hydrogen-bond donors (Lipinski definition) is 0. The van der Waals surface area contributed by atoms with Gasteiger partial charge in [0.2, 0.25) is 6.23 Å². The quantitative estimate of drug-likeness (QED) is 0.558. The van der Waals surface area contributed by atoms with Gasteiger partial charge in [-0.1, -0.05) is 51.8 Å². The van der Waals surface area contributed by atoms with Crippen molar-refractivity contribution in [1.29, 1.82) is 0 Å². The molecule has 0 unspecified atom stereocenters. The van der Waals surface area contributed by atoms with Crippen LogP contribution in [0.2, 0.25) is 0 Å². The van der Waals surface area contributed by atoms with E-state index in [1.54, 1.807) is 6.20 Å². The molecule has 27 heavy (non-hydrogen) atoms. The number of hydrogen-bond acceptors (Lipinski definition) is 4. The number of halogens is 1. The third kappa shape index (κ3) is 2.92. The number of rotatable bonds is 2. The fraction of sp³-hybridized carbons (Fsp3) is 0.182. The largest absolute Gasteiger partial charge is 0.464 e. The van der Waals surface area contributed by atoms with Gasteiger partial charge in [-0.2, -0.15) is 5.10 Å². The molecule has 0 bridgehead atoms. The van der Waals surface area contributed by atoms with Gasteiger partial charge in [0, 0.05) is 34.4 Å². The van der Waals surface area contributed by atoms with Gasteiger partial charge in [-0.25, -0.2) is 5.01 Å².